The highest BCUT2D eigenvalue weighted by molar-refractivity contribution is 5.93. The number of amides is 1. The van der Waals surface area contributed by atoms with E-state index in [4.69, 9.17) is 4.98 Å². The van der Waals surface area contributed by atoms with Gasteiger partial charge in [0.15, 0.2) is 5.82 Å². The summed E-state index contributed by atoms with van der Waals surface area (Å²) in [6, 6.07) is 10.2. The first-order valence-electron chi connectivity index (χ1n) is 8.81. The Kier molecular flexibility index (Phi) is 3.48. The van der Waals surface area contributed by atoms with Crippen molar-refractivity contribution in [3.05, 3.63) is 72.1 Å². The zero-order chi connectivity index (χ0) is 17.5. The van der Waals surface area contributed by atoms with Crippen LogP contribution < -0.4 is 0 Å². The molecule has 0 radical (unpaired) electrons. The Morgan fingerprint density at radius 1 is 1.04 bits per heavy atom. The molecular formula is C20H17N5O. The van der Waals surface area contributed by atoms with Gasteiger partial charge in [-0.2, -0.15) is 0 Å². The third-order valence-corrected chi connectivity index (χ3v) is 5.24. The SMILES string of the molecule is O=C(c1cnccn1)N1[C@H]2CC[C@@H]1c1cnc(-c3ccccc3)nc1C2. The molecule has 26 heavy (non-hydrogen) atoms. The summed E-state index contributed by atoms with van der Waals surface area (Å²) in [5.74, 6) is 0.695. The van der Waals surface area contributed by atoms with Crippen LogP contribution in [0.4, 0.5) is 0 Å². The maximum atomic E-state index is 12.9. The van der Waals surface area contributed by atoms with E-state index in [0.717, 1.165) is 41.9 Å². The van der Waals surface area contributed by atoms with E-state index < -0.39 is 0 Å². The quantitative estimate of drug-likeness (QED) is 0.715. The van der Waals surface area contributed by atoms with Gasteiger partial charge in [0.1, 0.15) is 5.69 Å². The van der Waals surface area contributed by atoms with Gasteiger partial charge in [-0.25, -0.2) is 15.0 Å². The van der Waals surface area contributed by atoms with E-state index in [1.807, 2.05) is 41.4 Å². The Labute approximate surface area is 151 Å². The Bertz CT molecular complexity index is 960. The van der Waals surface area contributed by atoms with Crippen LogP contribution in [0.1, 0.15) is 40.6 Å². The number of aromatic nitrogens is 4. The first-order valence-corrected chi connectivity index (χ1v) is 8.81. The first kappa shape index (κ1) is 15.1. The fourth-order valence-electron chi connectivity index (χ4n) is 4.06. The van der Waals surface area contributed by atoms with E-state index in [-0.39, 0.29) is 18.0 Å². The molecule has 1 saturated heterocycles. The van der Waals surface area contributed by atoms with Crippen LogP contribution in [0.3, 0.4) is 0 Å². The molecule has 3 aromatic rings. The van der Waals surface area contributed by atoms with Gasteiger partial charge in [-0.3, -0.25) is 9.78 Å². The molecule has 1 amide bonds. The van der Waals surface area contributed by atoms with Crippen molar-refractivity contribution >= 4 is 5.91 Å². The molecule has 6 nitrogen and oxygen atoms in total. The smallest absolute Gasteiger partial charge is 0.274 e. The van der Waals surface area contributed by atoms with Crippen molar-refractivity contribution in [1.29, 1.82) is 0 Å². The number of carbonyl (C=O) groups is 1. The van der Waals surface area contributed by atoms with Crippen LogP contribution in [0.5, 0.6) is 0 Å². The molecule has 1 aromatic carbocycles. The van der Waals surface area contributed by atoms with Gasteiger partial charge in [0.2, 0.25) is 0 Å². The van der Waals surface area contributed by atoms with E-state index in [1.54, 1.807) is 12.4 Å². The van der Waals surface area contributed by atoms with E-state index in [1.165, 1.54) is 6.20 Å². The summed E-state index contributed by atoms with van der Waals surface area (Å²) in [4.78, 5) is 32.5. The lowest BCUT2D eigenvalue weighted by atomic mass is 9.98. The van der Waals surface area contributed by atoms with E-state index in [2.05, 4.69) is 15.0 Å². The van der Waals surface area contributed by atoms with Crippen molar-refractivity contribution in [2.45, 2.75) is 31.3 Å². The van der Waals surface area contributed by atoms with Crippen LogP contribution in [0.25, 0.3) is 11.4 Å². The van der Waals surface area contributed by atoms with E-state index in [9.17, 15) is 4.79 Å². The topological polar surface area (TPSA) is 71.9 Å². The lowest BCUT2D eigenvalue weighted by Crippen LogP contribution is -2.42. The first-order chi connectivity index (χ1) is 12.8. The molecule has 0 aliphatic carbocycles. The second-order valence-electron chi connectivity index (χ2n) is 6.72. The third kappa shape index (κ3) is 2.37. The number of hydrogen-bond acceptors (Lipinski definition) is 5. The summed E-state index contributed by atoms with van der Waals surface area (Å²) in [7, 11) is 0. The van der Waals surface area contributed by atoms with Crippen molar-refractivity contribution in [1.82, 2.24) is 24.8 Å². The summed E-state index contributed by atoms with van der Waals surface area (Å²) in [6.07, 6.45) is 9.25. The van der Waals surface area contributed by atoms with Crippen LogP contribution >= 0.6 is 0 Å². The number of fused-ring (bicyclic) bond motifs is 4. The predicted octanol–water partition coefficient (Wildman–Crippen LogP) is 2.84. The number of hydrogen-bond donors (Lipinski definition) is 0. The average Bonchev–Trinajstić information content (AvgIpc) is 3.03. The summed E-state index contributed by atoms with van der Waals surface area (Å²) in [6.45, 7) is 0. The highest BCUT2D eigenvalue weighted by Crippen LogP contribution is 2.43. The Morgan fingerprint density at radius 2 is 1.92 bits per heavy atom. The van der Waals surface area contributed by atoms with Crippen molar-refractivity contribution in [2.24, 2.45) is 0 Å². The summed E-state index contributed by atoms with van der Waals surface area (Å²) >= 11 is 0. The molecule has 4 heterocycles. The number of nitrogens with zero attached hydrogens (tertiary/aromatic N) is 5. The number of benzene rings is 1. The maximum Gasteiger partial charge on any atom is 0.274 e. The lowest BCUT2D eigenvalue weighted by Gasteiger charge is -2.35. The molecule has 0 unspecified atom stereocenters. The number of rotatable bonds is 2. The Hall–Kier alpha value is -3.15. The minimum atomic E-state index is -0.0524. The van der Waals surface area contributed by atoms with Gasteiger partial charge in [0.05, 0.1) is 17.9 Å². The molecule has 2 bridgehead atoms. The maximum absolute atomic E-state index is 12.9. The minimum absolute atomic E-state index is 0.0306. The van der Waals surface area contributed by atoms with Crippen molar-refractivity contribution < 1.29 is 4.79 Å². The monoisotopic (exact) mass is 343 g/mol. The van der Waals surface area contributed by atoms with Crippen LogP contribution in [-0.2, 0) is 6.42 Å². The van der Waals surface area contributed by atoms with Gasteiger partial charge in [0.25, 0.3) is 5.91 Å². The molecular weight excluding hydrogens is 326 g/mol. The Balaban J connectivity index is 1.50. The largest absolute Gasteiger partial charge is 0.327 e. The molecule has 1 fully saturated rings. The summed E-state index contributed by atoms with van der Waals surface area (Å²) in [5, 5.41) is 0. The zero-order valence-corrected chi connectivity index (χ0v) is 14.1. The second-order valence-corrected chi connectivity index (χ2v) is 6.72. The average molecular weight is 343 g/mol. The van der Waals surface area contributed by atoms with E-state index in [0.29, 0.717) is 5.69 Å². The van der Waals surface area contributed by atoms with Crippen LogP contribution in [0.15, 0.2) is 55.1 Å². The molecule has 2 aliphatic heterocycles. The zero-order valence-electron chi connectivity index (χ0n) is 14.1. The van der Waals surface area contributed by atoms with Gasteiger partial charge in [0, 0.05) is 42.2 Å². The molecule has 2 aromatic heterocycles. The molecule has 2 aliphatic rings. The van der Waals surface area contributed by atoms with Gasteiger partial charge in [-0.1, -0.05) is 30.3 Å². The summed E-state index contributed by atoms with van der Waals surface area (Å²) in [5.41, 5.74) is 3.54. The van der Waals surface area contributed by atoms with Gasteiger partial charge < -0.3 is 4.90 Å². The predicted molar refractivity (Wildman–Crippen MR) is 95.1 cm³/mol. The molecule has 6 heteroatoms. The molecule has 2 atom stereocenters. The van der Waals surface area contributed by atoms with Crippen molar-refractivity contribution in [3.8, 4) is 11.4 Å². The molecule has 0 N–H and O–H groups in total. The second kappa shape index (κ2) is 5.98. The standard InChI is InChI=1S/C20H17N5O/c26-20(17-12-21-8-9-22-17)25-14-6-7-18(25)15-11-23-19(24-16(15)10-14)13-4-2-1-3-5-13/h1-5,8-9,11-12,14,18H,6-7,10H2/t14-,18+/m0/s1. The van der Waals surface area contributed by atoms with Gasteiger partial charge in [-0.05, 0) is 12.8 Å². The third-order valence-electron chi connectivity index (χ3n) is 5.24. The van der Waals surface area contributed by atoms with Crippen LogP contribution in [0, 0.1) is 0 Å². The highest BCUT2D eigenvalue weighted by Gasteiger charge is 2.44. The molecule has 128 valence electrons. The van der Waals surface area contributed by atoms with Gasteiger partial charge in [-0.15, -0.1) is 0 Å². The van der Waals surface area contributed by atoms with Crippen LogP contribution in [-0.4, -0.2) is 36.8 Å². The van der Waals surface area contributed by atoms with Crippen LogP contribution in [0.2, 0.25) is 0 Å². The number of carbonyl (C=O) groups excluding carboxylic acids is 1. The summed E-state index contributed by atoms with van der Waals surface area (Å²) < 4.78 is 0. The van der Waals surface area contributed by atoms with Crippen molar-refractivity contribution in [2.75, 3.05) is 0 Å². The minimum Gasteiger partial charge on any atom is -0.327 e. The normalized spacial score (nSPS) is 20.7. The lowest BCUT2D eigenvalue weighted by molar-refractivity contribution is 0.0637. The molecule has 0 spiro atoms. The molecule has 0 saturated carbocycles. The van der Waals surface area contributed by atoms with E-state index >= 15 is 0 Å². The highest BCUT2D eigenvalue weighted by atomic mass is 16.2. The Morgan fingerprint density at radius 3 is 2.73 bits per heavy atom. The van der Waals surface area contributed by atoms with Gasteiger partial charge >= 0.3 is 0 Å². The fourth-order valence-corrected chi connectivity index (χ4v) is 4.06. The van der Waals surface area contributed by atoms with Crippen molar-refractivity contribution in [3.63, 3.8) is 0 Å². The fraction of sp³-hybridized carbons (Fsp3) is 0.250. The molecule has 5 rings (SSSR count).